The fourth-order valence-electron chi connectivity index (χ4n) is 0.514. The molecule has 1 aliphatic rings. The lowest BCUT2D eigenvalue weighted by Crippen LogP contribution is -2.24. The zero-order valence-electron chi connectivity index (χ0n) is 4.05. The molecule has 0 aromatic heterocycles. The van der Waals surface area contributed by atoms with Crippen LogP contribution >= 0.6 is 0 Å². The van der Waals surface area contributed by atoms with Crippen LogP contribution in [0.5, 0.6) is 0 Å². The monoisotopic (exact) mass is 115 g/mol. The maximum Gasteiger partial charge on any atom is 0.257 e. The number of carbonyl (C=O) groups is 2. The second-order valence-corrected chi connectivity index (χ2v) is 1.59. The van der Waals surface area contributed by atoms with Crippen molar-refractivity contribution < 1.29 is 14.7 Å². The number of nitrogens with one attached hydrogen (secondary N) is 1. The van der Waals surface area contributed by atoms with Crippen molar-refractivity contribution in [3.63, 3.8) is 0 Å². The highest BCUT2D eigenvalue weighted by atomic mass is 16.3. The first kappa shape index (κ1) is 5.24. The van der Waals surface area contributed by atoms with Crippen LogP contribution in [0.4, 0.5) is 0 Å². The van der Waals surface area contributed by atoms with Crippen LogP contribution in [0, 0.1) is 0 Å². The van der Waals surface area contributed by atoms with E-state index in [1.165, 1.54) is 0 Å². The molecule has 0 aromatic rings. The lowest BCUT2D eigenvalue weighted by Gasteiger charge is -1.88. The van der Waals surface area contributed by atoms with Gasteiger partial charge in [0.1, 0.15) is 0 Å². The molecule has 2 N–H and O–H groups in total. The van der Waals surface area contributed by atoms with E-state index in [-0.39, 0.29) is 6.54 Å². The van der Waals surface area contributed by atoms with Gasteiger partial charge in [0, 0.05) is 0 Å². The third-order valence-corrected chi connectivity index (χ3v) is 0.990. The highest BCUT2D eigenvalue weighted by Gasteiger charge is 2.29. The summed E-state index contributed by atoms with van der Waals surface area (Å²) in [4.78, 5) is 20.5. The van der Waals surface area contributed by atoms with Crippen LogP contribution in [0.2, 0.25) is 0 Å². The van der Waals surface area contributed by atoms with Gasteiger partial charge >= 0.3 is 0 Å². The third-order valence-electron chi connectivity index (χ3n) is 0.990. The molecule has 1 fully saturated rings. The quantitative estimate of drug-likeness (QED) is 0.360. The molecule has 1 saturated heterocycles. The third kappa shape index (κ3) is 0.586. The minimum absolute atomic E-state index is 0.0278. The Morgan fingerprint density at radius 2 is 2.25 bits per heavy atom. The van der Waals surface area contributed by atoms with Crippen LogP contribution in [0.3, 0.4) is 0 Å². The van der Waals surface area contributed by atoms with Gasteiger partial charge in [-0.25, -0.2) is 0 Å². The van der Waals surface area contributed by atoms with Crippen LogP contribution in [0.1, 0.15) is 0 Å². The predicted octanol–water partition coefficient (Wildman–Crippen LogP) is -1.95. The van der Waals surface area contributed by atoms with Crippen molar-refractivity contribution in [3.8, 4) is 0 Å². The average Bonchev–Trinajstić information content (AvgIpc) is 1.98. The number of hydrogen-bond acceptors (Lipinski definition) is 3. The number of amides is 1. The van der Waals surface area contributed by atoms with E-state index in [1.54, 1.807) is 0 Å². The standard InChI is InChI=1S/C4H5NO3/c6-2-1-5-4(8)3(2)7/h3,7H,1H2,(H,5,8). The van der Waals surface area contributed by atoms with E-state index in [4.69, 9.17) is 5.11 Å². The number of carbonyl (C=O) groups excluding carboxylic acids is 2. The van der Waals surface area contributed by atoms with Gasteiger partial charge in [0.2, 0.25) is 0 Å². The summed E-state index contributed by atoms with van der Waals surface area (Å²) in [5, 5.41) is 10.7. The molecule has 8 heavy (non-hydrogen) atoms. The molecule has 0 bridgehead atoms. The molecule has 0 saturated carbocycles. The predicted molar refractivity (Wildman–Crippen MR) is 24.0 cm³/mol. The summed E-state index contributed by atoms with van der Waals surface area (Å²) in [6.45, 7) is -0.0278. The van der Waals surface area contributed by atoms with Crippen LogP contribution in [0.15, 0.2) is 0 Å². The highest BCUT2D eigenvalue weighted by Crippen LogP contribution is 1.91. The second kappa shape index (κ2) is 1.56. The SMILES string of the molecule is O=C1CNC(=O)C1O. The Morgan fingerprint density at radius 1 is 1.62 bits per heavy atom. The smallest absolute Gasteiger partial charge is 0.257 e. The van der Waals surface area contributed by atoms with Gasteiger partial charge in [-0.2, -0.15) is 0 Å². The number of hydrogen-bond donors (Lipinski definition) is 2. The second-order valence-electron chi connectivity index (χ2n) is 1.59. The molecule has 0 aromatic carbocycles. The summed E-state index contributed by atoms with van der Waals surface area (Å²) < 4.78 is 0. The zero-order chi connectivity index (χ0) is 6.15. The highest BCUT2D eigenvalue weighted by molar-refractivity contribution is 6.10. The number of Topliss-reactive ketones (excluding diaryl/α,β-unsaturated/α-hetero) is 1. The topological polar surface area (TPSA) is 66.4 Å². The van der Waals surface area contributed by atoms with Crippen LogP contribution < -0.4 is 5.32 Å². The number of rotatable bonds is 0. The lowest BCUT2D eigenvalue weighted by molar-refractivity contribution is -0.132. The summed E-state index contributed by atoms with van der Waals surface area (Å²) in [7, 11) is 0. The van der Waals surface area contributed by atoms with Gasteiger partial charge in [0.15, 0.2) is 11.9 Å². The van der Waals surface area contributed by atoms with E-state index < -0.39 is 17.8 Å². The fourth-order valence-corrected chi connectivity index (χ4v) is 0.514. The summed E-state index contributed by atoms with van der Waals surface area (Å²) in [5.41, 5.74) is 0. The Balaban J connectivity index is 2.70. The van der Waals surface area contributed by atoms with E-state index in [0.717, 1.165) is 0 Å². The molecule has 4 heteroatoms. The van der Waals surface area contributed by atoms with Gasteiger partial charge in [0.25, 0.3) is 5.91 Å². The normalized spacial score (nSPS) is 28.4. The Bertz CT molecular complexity index is 126. The summed E-state index contributed by atoms with van der Waals surface area (Å²) >= 11 is 0. The molecule has 1 unspecified atom stereocenters. The molecule has 0 spiro atoms. The maximum atomic E-state index is 10.3. The number of ketones is 1. The summed E-state index contributed by atoms with van der Waals surface area (Å²) in [6.07, 6.45) is -1.41. The molecule has 1 rings (SSSR count). The summed E-state index contributed by atoms with van der Waals surface area (Å²) in [5.74, 6) is -1.04. The van der Waals surface area contributed by atoms with E-state index >= 15 is 0 Å². The van der Waals surface area contributed by atoms with Crippen LogP contribution in [-0.2, 0) is 9.59 Å². The van der Waals surface area contributed by atoms with Crippen LogP contribution in [0.25, 0.3) is 0 Å². The Morgan fingerprint density at radius 3 is 2.38 bits per heavy atom. The maximum absolute atomic E-state index is 10.3. The van der Waals surface area contributed by atoms with Gasteiger partial charge in [0.05, 0.1) is 6.54 Å². The molecule has 44 valence electrons. The van der Waals surface area contributed by atoms with Crippen molar-refractivity contribution >= 4 is 11.7 Å². The number of aliphatic hydroxyl groups excluding tert-OH is 1. The lowest BCUT2D eigenvalue weighted by atomic mass is 10.3. The van der Waals surface area contributed by atoms with Crippen molar-refractivity contribution in [1.82, 2.24) is 5.32 Å². The van der Waals surface area contributed by atoms with Crippen molar-refractivity contribution in [2.75, 3.05) is 6.54 Å². The first-order chi connectivity index (χ1) is 3.72. The average molecular weight is 115 g/mol. The van der Waals surface area contributed by atoms with Gasteiger partial charge in [-0.1, -0.05) is 0 Å². The summed E-state index contributed by atoms with van der Waals surface area (Å²) in [6, 6.07) is 0. The van der Waals surface area contributed by atoms with E-state index in [1.807, 2.05) is 0 Å². The van der Waals surface area contributed by atoms with Crippen molar-refractivity contribution in [1.29, 1.82) is 0 Å². The Kier molecular flexibility index (Phi) is 1.02. The van der Waals surface area contributed by atoms with Crippen LogP contribution in [-0.4, -0.2) is 29.4 Å². The molecule has 0 radical (unpaired) electrons. The molecule has 1 atom stereocenters. The molecule has 1 amide bonds. The van der Waals surface area contributed by atoms with Crippen molar-refractivity contribution in [3.05, 3.63) is 0 Å². The molecule has 1 aliphatic heterocycles. The fraction of sp³-hybridized carbons (Fsp3) is 0.500. The molecular formula is C4H5NO3. The van der Waals surface area contributed by atoms with Gasteiger partial charge in [-0.3, -0.25) is 9.59 Å². The molecular weight excluding hydrogens is 110 g/mol. The largest absolute Gasteiger partial charge is 0.376 e. The number of aliphatic hydroxyl groups is 1. The van der Waals surface area contributed by atoms with Gasteiger partial charge in [-0.15, -0.1) is 0 Å². The molecule has 4 nitrogen and oxygen atoms in total. The zero-order valence-corrected chi connectivity index (χ0v) is 4.05. The van der Waals surface area contributed by atoms with Crippen molar-refractivity contribution in [2.24, 2.45) is 0 Å². The minimum Gasteiger partial charge on any atom is -0.376 e. The van der Waals surface area contributed by atoms with Gasteiger partial charge < -0.3 is 10.4 Å². The Labute approximate surface area is 45.5 Å². The van der Waals surface area contributed by atoms with E-state index in [0.29, 0.717) is 0 Å². The van der Waals surface area contributed by atoms with E-state index in [9.17, 15) is 9.59 Å². The minimum atomic E-state index is -1.41. The Hall–Kier alpha value is -0.900. The molecule has 1 heterocycles. The molecule has 0 aliphatic carbocycles. The van der Waals surface area contributed by atoms with Gasteiger partial charge in [-0.05, 0) is 0 Å². The van der Waals surface area contributed by atoms with E-state index in [2.05, 4.69) is 5.32 Å². The first-order valence-electron chi connectivity index (χ1n) is 2.20. The first-order valence-corrected chi connectivity index (χ1v) is 2.20. The van der Waals surface area contributed by atoms with Crippen molar-refractivity contribution in [2.45, 2.75) is 6.10 Å².